The third-order valence-corrected chi connectivity index (χ3v) is 3.92. The molecule has 0 aromatic heterocycles. The van der Waals surface area contributed by atoms with Crippen molar-refractivity contribution in [1.29, 1.82) is 0 Å². The maximum Gasteiger partial charge on any atom is 0.242 e. The van der Waals surface area contributed by atoms with Gasteiger partial charge in [-0.05, 0) is 23.6 Å². The average Bonchev–Trinajstić information content (AvgIpc) is 2.46. The SMILES string of the molecule is CCCN1CC(=O)N(Cc2ccc(CN)cc2Cl)CC1=O. The van der Waals surface area contributed by atoms with E-state index in [1.165, 1.54) is 0 Å². The Kier molecular flexibility index (Phi) is 5.20. The molecule has 2 N–H and O–H groups in total. The summed E-state index contributed by atoms with van der Waals surface area (Å²) >= 11 is 6.20. The normalized spacial score (nSPS) is 15.8. The maximum absolute atomic E-state index is 12.1. The van der Waals surface area contributed by atoms with Crippen LogP contribution in [0.1, 0.15) is 24.5 Å². The van der Waals surface area contributed by atoms with Crippen LogP contribution in [0.5, 0.6) is 0 Å². The summed E-state index contributed by atoms with van der Waals surface area (Å²) in [6.45, 7) is 3.67. The van der Waals surface area contributed by atoms with Crippen LogP contribution in [-0.2, 0) is 22.7 Å². The molecule has 21 heavy (non-hydrogen) atoms. The molecule has 0 saturated carbocycles. The summed E-state index contributed by atoms with van der Waals surface area (Å²) in [5.74, 6) is -0.0480. The van der Waals surface area contributed by atoms with E-state index < -0.39 is 0 Å². The molecule has 0 aliphatic carbocycles. The second-order valence-electron chi connectivity index (χ2n) is 5.19. The van der Waals surface area contributed by atoms with Gasteiger partial charge in [-0.25, -0.2) is 0 Å². The van der Waals surface area contributed by atoms with Crippen molar-refractivity contribution in [2.45, 2.75) is 26.4 Å². The summed E-state index contributed by atoms with van der Waals surface area (Å²) in [6, 6.07) is 5.55. The molecule has 1 aliphatic heterocycles. The number of carbonyl (C=O) groups excluding carboxylic acids is 2. The number of amides is 2. The number of rotatable bonds is 5. The van der Waals surface area contributed by atoms with Crippen LogP contribution >= 0.6 is 11.6 Å². The summed E-state index contributed by atoms with van der Waals surface area (Å²) < 4.78 is 0. The average molecular weight is 310 g/mol. The van der Waals surface area contributed by atoms with Crippen molar-refractivity contribution >= 4 is 23.4 Å². The van der Waals surface area contributed by atoms with Gasteiger partial charge in [-0.2, -0.15) is 0 Å². The lowest BCUT2D eigenvalue weighted by molar-refractivity contribution is -0.150. The molecule has 0 unspecified atom stereocenters. The van der Waals surface area contributed by atoms with Gasteiger partial charge in [-0.15, -0.1) is 0 Å². The Morgan fingerprint density at radius 1 is 1.19 bits per heavy atom. The van der Waals surface area contributed by atoms with E-state index in [0.29, 0.717) is 24.7 Å². The van der Waals surface area contributed by atoms with E-state index in [2.05, 4.69) is 0 Å². The minimum atomic E-state index is -0.0398. The van der Waals surface area contributed by atoms with Gasteiger partial charge in [0.2, 0.25) is 11.8 Å². The van der Waals surface area contributed by atoms with Gasteiger partial charge in [0.25, 0.3) is 0 Å². The standard InChI is InChI=1S/C15H20ClN3O2/c1-2-5-18-9-15(21)19(10-14(18)20)8-12-4-3-11(7-17)6-13(12)16/h3-4,6H,2,5,7-10,17H2,1H3. The van der Waals surface area contributed by atoms with Gasteiger partial charge in [0.15, 0.2) is 0 Å². The third kappa shape index (κ3) is 3.74. The fourth-order valence-corrected chi connectivity index (χ4v) is 2.64. The molecule has 1 aliphatic rings. The van der Waals surface area contributed by atoms with Crippen molar-refractivity contribution in [3.63, 3.8) is 0 Å². The minimum absolute atomic E-state index is 0.00819. The number of halogens is 1. The van der Waals surface area contributed by atoms with Crippen LogP contribution in [0.4, 0.5) is 0 Å². The van der Waals surface area contributed by atoms with Crippen LogP contribution < -0.4 is 5.73 Å². The third-order valence-electron chi connectivity index (χ3n) is 3.57. The summed E-state index contributed by atoms with van der Waals surface area (Å²) in [5, 5.41) is 0.578. The van der Waals surface area contributed by atoms with Crippen LogP contribution in [-0.4, -0.2) is 41.2 Å². The Hall–Kier alpha value is -1.59. The van der Waals surface area contributed by atoms with Gasteiger partial charge in [-0.3, -0.25) is 9.59 Å². The number of carbonyl (C=O) groups is 2. The minimum Gasteiger partial charge on any atom is -0.332 e. The Bertz CT molecular complexity index is 548. The highest BCUT2D eigenvalue weighted by Gasteiger charge is 2.29. The number of nitrogens with two attached hydrogens (primary N) is 1. The molecule has 2 amide bonds. The van der Waals surface area contributed by atoms with E-state index in [1.807, 2.05) is 19.1 Å². The summed E-state index contributed by atoms with van der Waals surface area (Å²) in [7, 11) is 0. The number of nitrogens with zero attached hydrogens (tertiary/aromatic N) is 2. The van der Waals surface area contributed by atoms with Gasteiger partial charge in [0.05, 0.1) is 6.54 Å². The zero-order chi connectivity index (χ0) is 15.4. The van der Waals surface area contributed by atoms with Gasteiger partial charge >= 0.3 is 0 Å². The summed E-state index contributed by atoms with van der Waals surface area (Å²) in [5.41, 5.74) is 7.34. The van der Waals surface area contributed by atoms with Crippen molar-refractivity contribution < 1.29 is 9.59 Å². The van der Waals surface area contributed by atoms with Crippen molar-refractivity contribution in [3.8, 4) is 0 Å². The van der Waals surface area contributed by atoms with Gasteiger partial charge in [0, 0.05) is 24.7 Å². The number of piperazine rings is 1. The van der Waals surface area contributed by atoms with E-state index in [4.69, 9.17) is 17.3 Å². The molecule has 1 saturated heterocycles. The van der Waals surface area contributed by atoms with Crippen molar-refractivity contribution in [2.75, 3.05) is 19.6 Å². The molecular weight excluding hydrogens is 290 g/mol. The predicted molar refractivity (Wildman–Crippen MR) is 81.6 cm³/mol. The van der Waals surface area contributed by atoms with Crippen LogP contribution in [0.3, 0.4) is 0 Å². The van der Waals surface area contributed by atoms with Crippen molar-refractivity contribution in [1.82, 2.24) is 9.80 Å². The zero-order valence-corrected chi connectivity index (χ0v) is 12.9. The van der Waals surface area contributed by atoms with E-state index >= 15 is 0 Å². The van der Waals surface area contributed by atoms with E-state index in [0.717, 1.165) is 17.5 Å². The molecule has 0 spiro atoms. The molecule has 1 heterocycles. The van der Waals surface area contributed by atoms with Crippen LogP contribution in [0, 0.1) is 0 Å². The molecule has 1 fully saturated rings. The fourth-order valence-electron chi connectivity index (χ4n) is 2.37. The molecule has 114 valence electrons. The van der Waals surface area contributed by atoms with Crippen LogP contribution in [0.25, 0.3) is 0 Å². The first kappa shape index (κ1) is 15.8. The molecule has 0 atom stereocenters. The summed E-state index contributed by atoms with van der Waals surface area (Å²) in [4.78, 5) is 27.3. The van der Waals surface area contributed by atoms with E-state index in [1.54, 1.807) is 15.9 Å². The van der Waals surface area contributed by atoms with E-state index in [-0.39, 0.29) is 24.9 Å². The largest absolute Gasteiger partial charge is 0.332 e. The highest BCUT2D eigenvalue weighted by atomic mass is 35.5. The van der Waals surface area contributed by atoms with Gasteiger partial charge in [-0.1, -0.05) is 30.7 Å². The van der Waals surface area contributed by atoms with Gasteiger partial charge in [0.1, 0.15) is 6.54 Å². The van der Waals surface area contributed by atoms with E-state index in [9.17, 15) is 9.59 Å². The van der Waals surface area contributed by atoms with Crippen molar-refractivity contribution in [3.05, 3.63) is 34.3 Å². The first-order valence-electron chi connectivity index (χ1n) is 7.08. The first-order chi connectivity index (χ1) is 10.0. The van der Waals surface area contributed by atoms with Crippen LogP contribution in [0.15, 0.2) is 18.2 Å². The zero-order valence-electron chi connectivity index (χ0n) is 12.1. The highest BCUT2D eigenvalue weighted by molar-refractivity contribution is 6.31. The molecular formula is C15H20ClN3O2. The molecule has 1 aromatic carbocycles. The summed E-state index contributed by atoms with van der Waals surface area (Å²) in [6.07, 6.45) is 0.853. The topological polar surface area (TPSA) is 66.6 Å². The van der Waals surface area contributed by atoms with Gasteiger partial charge < -0.3 is 15.5 Å². The molecule has 0 bridgehead atoms. The Morgan fingerprint density at radius 2 is 1.86 bits per heavy atom. The van der Waals surface area contributed by atoms with Crippen molar-refractivity contribution in [2.24, 2.45) is 5.73 Å². The Labute approximate surface area is 129 Å². The highest BCUT2D eigenvalue weighted by Crippen LogP contribution is 2.20. The Balaban J connectivity index is 2.06. The number of benzene rings is 1. The molecule has 1 aromatic rings. The fraction of sp³-hybridized carbons (Fsp3) is 0.467. The second-order valence-corrected chi connectivity index (χ2v) is 5.60. The monoisotopic (exact) mass is 309 g/mol. The molecule has 0 radical (unpaired) electrons. The smallest absolute Gasteiger partial charge is 0.242 e. The predicted octanol–water partition coefficient (Wildman–Crippen LogP) is 1.38. The lowest BCUT2D eigenvalue weighted by Crippen LogP contribution is -2.53. The number of hydrogen-bond acceptors (Lipinski definition) is 3. The first-order valence-corrected chi connectivity index (χ1v) is 7.45. The lowest BCUT2D eigenvalue weighted by Gasteiger charge is -2.34. The molecule has 6 heteroatoms. The number of hydrogen-bond donors (Lipinski definition) is 1. The maximum atomic E-state index is 12.1. The quantitative estimate of drug-likeness (QED) is 0.893. The second kappa shape index (κ2) is 6.91. The Morgan fingerprint density at radius 3 is 2.48 bits per heavy atom. The molecule has 5 nitrogen and oxygen atoms in total. The van der Waals surface area contributed by atoms with Crippen LogP contribution in [0.2, 0.25) is 5.02 Å². The lowest BCUT2D eigenvalue weighted by atomic mass is 10.1. The molecule has 2 rings (SSSR count).